The largest absolute Gasteiger partial charge is 0.495 e. The van der Waals surface area contributed by atoms with Crippen molar-refractivity contribution in [2.24, 2.45) is 0 Å². The lowest BCUT2D eigenvalue weighted by atomic mass is 10.1. The molecular weight excluding hydrogens is 414 g/mol. The first-order valence-corrected chi connectivity index (χ1v) is 11.1. The minimum atomic E-state index is 0.0749. The Morgan fingerprint density at radius 1 is 1.03 bits per heavy atom. The molecule has 1 aliphatic carbocycles. The van der Waals surface area contributed by atoms with Crippen LogP contribution in [0.1, 0.15) is 23.4 Å². The minimum Gasteiger partial charge on any atom is -0.495 e. The molecule has 33 heavy (non-hydrogen) atoms. The number of carbonyl (C=O) groups excluding carboxylic acids is 1. The van der Waals surface area contributed by atoms with E-state index >= 15 is 0 Å². The fourth-order valence-corrected chi connectivity index (χ4v) is 4.28. The molecule has 1 aromatic carbocycles. The highest BCUT2D eigenvalue weighted by Gasteiger charge is 2.23. The van der Waals surface area contributed by atoms with Crippen molar-refractivity contribution in [3.63, 3.8) is 0 Å². The maximum Gasteiger partial charge on any atom is 0.180 e. The number of carbonyl (C=O) groups is 1. The maximum absolute atomic E-state index is 12.8. The number of pyridine rings is 2. The van der Waals surface area contributed by atoms with Crippen LogP contribution in [0.25, 0.3) is 22.3 Å². The number of ketones is 1. The number of aryl methyl sites for hydroxylation is 1. The number of hydrogen-bond donors (Lipinski definition) is 0. The van der Waals surface area contributed by atoms with Crippen LogP contribution in [0.15, 0.2) is 54.9 Å². The van der Waals surface area contributed by atoms with Gasteiger partial charge in [0.1, 0.15) is 17.3 Å². The number of aromatic nitrogens is 4. The number of rotatable bonds is 7. The summed E-state index contributed by atoms with van der Waals surface area (Å²) < 4.78 is 5.14. The molecule has 0 radical (unpaired) electrons. The number of Topliss-reactive ketones (excluding diaryl/α,β-unsaturated/α-hetero) is 1. The Morgan fingerprint density at radius 3 is 2.67 bits per heavy atom. The molecule has 166 valence electrons. The summed E-state index contributed by atoms with van der Waals surface area (Å²) in [5.41, 5.74) is 3.66. The van der Waals surface area contributed by atoms with Crippen LogP contribution in [0.2, 0.25) is 0 Å². The van der Waals surface area contributed by atoms with Crippen molar-refractivity contribution in [2.75, 3.05) is 25.6 Å². The molecule has 0 spiro atoms. The lowest BCUT2D eigenvalue weighted by molar-refractivity contribution is -0.117. The Kier molecular flexibility index (Phi) is 5.69. The zero-order chi connectivity index (χ0) is 22.8. The first-order chi connectivity index (χ1) is 16.1. The van der Waals surface area contributed by atoms with Gasteiger partial charge in [-0.25, -0.2) is 9.97 Å². The lowest BCUT2D eigenvalue weighted by Crippen LogP contribution is -2.29. The van der Waals surface area contributed by atoms with E-state index in [0.29, 0.717) is 11.6 Å². The van der Waals surface area contributed by atoms with Crippen LogP contribution in [-0.2, 0) is 24.1 Å². The molecule has 0 saturated carbocycles. The number of ether oxygens (including phenoxy) is 1. The van der Waals surface area contributed by atoms with Gasteiger partial charge >= 0.3 is 0 Å². The average Bonchev–Trinajstić information content (AvgIpc) is 3.32. The number of likely N-dealkylation sites (N-methyl/N-ethyl adjacent to an activating group) is 1. The topological polar surface area (TPSA) is 81.1 Å². The Hall–Kier alpha value is -3.87. The Bertz CT molecular complexity index is 1320. The normalized spacial score (nSPS) is 12.5. The van der Waals surface area contributed by atoms with Crippen molar-refractivity contribution < 1.29 is 9.53 Å². The van der Waals surface area contributed by atoms with Crippen molar-refractivity contribution >= 4 is 22.4 Å². The number of benzene rings is 1. The molecule has 0 saturated heterocycles. The Morgan fingerprint density at radius 2 is 1.88 bits per heavy atom. The SMILES string of the molecule is COc1ccc(CC(=O)CN(C)c2nc(-c3cc4ccccc4cn3)nc3c2CCC3)nc1. The second kappa shape index (κ2) is 8.94. The minimum absolute atomic E-state index is 0.0749. The first kappa shape index (κ1) is 21.0. The predicted molar refractivity (Wildman–Crippen MR) is 128 cm³/mol. The highest BCUT2D eigenvalue weighted by Crippen LogP contribution is 2.31. The third-order valence-corrected chi connectivity index (χ3v) is 5.96. The zero-order valence-electron chi connectivity index (χ0n) is 18.8. The fraction of sp³-hybridized carbons (Fsp3) is 0.269. The van der Waals surface area contributed by atoms with Crippen LogP contribution in [0.5, 0.6) is 5.75 Å². The molecule has 1 aliphatic rings. The monoisotopic (exact) mass is 439 g/mol. The number of methoxy groups -OCH3 is 1. The van der Waals surface area contributed by atoms with Crippen LogP contribution in [0, 0.1) is 0 Å². The van der Waals surface area contributed by atoms with Crippen LogP contribution >= 0.6 is 0 Å². The summed E-state index contributed by atoms with van der Waals surface area (Å²) in [6.07, 6.45) is 6.64. The van der Waals surface area contributed by atoms with Crippen LogP contribution in [0.3, 0.4) is 0 Å². The summed E-state index contributed by atoms with van der Waals surface area (Å²) in [5, 5.41) is 2.18. The summed E-state index contributed by atoms with van der Waals surface area (Å²) in [7, 11) is 3.51. The van der Waals surface area contributed by atoms with Crippen LogP contribution < -0.4 is 9.64 Å². The van der Waals surface area contributed by atoms with Crippen molar-refractivity contribution in [1.29, 1.82) is 0 Å². The fourth-order valence-electron chi connectivity index (χ4n) is 4.28. The van der Waals surface area contributed by atoms with Crippen molar-refractivity contribution in [2.45, 2.75) is 25.7 Å². The van der Waals surface area contributed by atoms with Crippen molar-refractivity contribution in [3.8, 4) is 17.3 Å². The molecule has 0 amide bonds. The predicted octanol–water partition coefficient (Wildman–Crippen LogP) is 3.83. The highest BCUT2D eigenvalue weighted by molar-refractivity contribution is 5.86. The van der Waals surface area contributed by atoms with Crippen molar-refractivity contribution in [3.05, 3.63) is 71.8 Å². The van der Waals surface area contributed by atoms with E-state index in [1.54, 1.807) is 13.3 Å². The molecule has 0 atom stereocenters. The highest BCUT2D eigenvalue weighted by atomic mass is 16.5. The first-order valence-electron chi connectivity index (χ1n) is 11.1. The Labute approximate surface area is 192 Å². The van der Waals surface area contributed by atoms with Gasteiger partial charge in [-0.15, -0.1) is 0 Å². The van der Waals surface area contributed by atoms with E-state index in [4.69, 9.17) is 14.7 Å². The summed E-state index contributed by atoms with van der Waals surface area (Å²) in [6.45, 7) is 0.252. The molecule has 7 heteroatoms. The van der Waals surface area contributed by atoms with E-state index in [9.17, 15) is 4.79 Å². The maximum atomic E-state index is 12.8. The van der Waals surface area contributed by atoms with Crippen LogP contribution in [0.4, 0.5) is 5.82 Å². The summed E-state index contributed by atoms with van der Waals surface area (Å²) in [5.74, 6) is 2.17. The third kappa shape index (κ3) is 4.39. The van der Waals surface area contributed by atoms with E-state index in [1.165, 1.54) is 0 Å². The van der Waals surface area contributed by atoms with E-state index in [1.807, 2.05) is 54.5 Å². The van der Waals surface area contributed by atoms with Gasteiger partial charge in [-0.3, -0.25) is 14.8 Å². The third-order valence-electron chi connectivity index (χ3n) is 5.96. The van der Waals surface area contributed by atoms with Gasteiger partial charge in [-0.05, 0) is 42.8 Å². The van der Waals surface area contributed by atoms with Gasteiger partial charge < -0.3 is 9.64 Å². The smallest absolute Gasteiger partial charge is 0.180 e. The molecule has 0 unspecified atom stereocenters. The quantitative estimate of drug-likeness (QED) is 0.433. The summed E-state index contributed by atoms with van der Waals surface area (Å²) in [6, 6.07) is 13.8. The van der Waals surface area contributed by atoms with Crippen LogP contribution in [-0.4, -0.2) is 46.4 Å². The second-order valence-electron chi connectivity index (χ2n) is 8.33. The molecule has 7 nitrogen and oxygen atoms in total. The van der Waals surface area contributed by atoms with Gasteiger partial charge in [0.05, 0.1) is 26.3 Å². The van der Waals surface area contributed by atoms with Gasteiger partial charge in [0, 0.05) is 35.6 Å². The van der Waals surface area contributed by atoms with Gasteiger partial charge in [-0.2, -0.15) is 0 Å². The van der Waals surface area contributed by atoms with Gasteiger partial charge in [0.25, 0.3) is 0 Å². The van der Waals surface area contributed by atoms with Gasteiger partial charge in [-0.1, -0.05) is 24.3 Å². The number of hydrogen-bond acceptors (Lipinski definition) is 7. The number of anilines is 1. The molecule has 4 aromatic rings. The molecule has 0 aliphatic heterocycles. The van der Waals surface area contributed by atoms with E-state index < -0.39 is 0 Å². The van der Waals surface area contributed by atoms with Gasteiger partial charge in [0.15, 0.2) is 11.6 Å². The molecule has 0 bridgehead atoms. The molecule has 3 aromatic heterocycles. The van der Waals surface area contributed by atoms with E-state index in [0.717, 1.165) is 58.5 Å². The van der Waals surface area contributed by atoms with Gasteiger partial charge in [0.2, 0.25) is 0 Å². The Balaban J connectivity index is 1.40. The number of fused-ring (bicyclic) bond motifs is 2. The summed E-state index contributed by atoms with van der Waals surface area (Å²) >= 11 is 0. The van der Waals surface area contributed by atoms with Crippen molar-refractivity contribution in [1.82, 2.24) is 19.9 Å². The molecular formula is C26H25N5O2. The van der Waals surface area contributed by atoms with E-state index in [-0.39, 0.29) is 18.7 Å². The summed E-state index contributed by atoms with van der Waals surface area (Å²) in [4.78, 5) is 33.3. The standard InChI is InChI=1S/C26H25N5O2/c1-31(16-20(32)13-19-10-11-21(33-2)15-27-19)26-22-8-5-9-23(22)29-25(30-26)24-12-17-6-3-4-7-18(17)14-28-24/h3-4,6-7,10-12,14-15H,5,8-9,13,16H2,1-2H3. The molecule has 0 fully saturated rings. The molecule has 0 N–H and O–H groups in total. The average molecular weight is 440 g/mol. The zero-order valence-corrected chi connectivity index (χ0v) is 18.8. The second-order valence-corrected chi connectivity index (χ2v) is 8.33. The lowest BCUT2D eigenvalue weighted by Gasteiger charge is -2.21. The molecule has 3 heterocycles. The van der Waals surface area contributed by atoms with E-state index in [2.05, 4.69) is 16.0 Å². The molecule has 5 rings (SSSR count). The number of nitrogens with zero attached hydrogens (tertiary/aromatic N) is 5.